The lowest BCUT2D eigenvalue weighted by Crippen LogP contribution is -2.33. The van der Waals surface area contributed by atoms with E-state index in [0.717, 1.165) is 17.1 Å². The minimum absolute atomic E-state index is 0.337. The van der Waals surface area contributed by atoms with E-state index in [1.54, 1.807) is 11.8 Å². The second-order valence-electron chi connectivity index (χ2n) is 4.50. The molecule has 1 aromatic rings. The van der Waals surface area contributed by atoms with Crippen LogP contribution in [-0.4, -0.2) is 42.4 Å². The number of nitrogens with one attached hydrogen (secondary N) is 1. The van der Waals surface area contributed by atoms with Crippen LogP contribution in [0.3, 0.4) is 0 Å². The number of aliphatic hydroxyl groups excluding tert-OH is 1. The summed E-state index contributed by atoms with van der Waals surface area (Å²) < 4.78 is 5.47. The van der Waals surface area contributed by atoms with Crippen LogP contribution in [0.2, 0.25) is 5.02 Å². The molecule has 0 spiro atoms. The fraction of sp³-hybridized carbons (Fsp3) is 0.571. The van der Waals surface area contributed by atoms with Crippen molar-refractivity contribution >= 4 is 23.4 Å². The molecule has 0 saturated heterocycles. The fourth-order valence-corrected chi connectivity index (χ4v) is 1.90. The lowest BCUT2D eigenvalue weighted by Gasteiger charge is -2.14. The van der Waals surface area contributed by atoms with Gasteiger partial charge in [0.2, 0.25) is 0 Å². The molecule has 0 aromatic heterocycles. The largest absolute Gasteiger partial charge is 0.389 e. The number of benzene rings is 1. The normalized spacial score (nSPS) is 14.3. The van der Waals surface area contributed by atoms with Gasteiger partial charge in [-0.05, 0) is 24.0 Å². The van der Waals surface area contributed by atoms with Crippen molar-refractivity contribution in [3.8, 4) is 0 Å². The van der Waals surface area contributed by atoms with E-state index >= 15 is 0 Å². The number of ether oxygens (including phenoxy) is 1. The average Bonchev–Trinajstić information content (AvgIpc) is 2.41. The van der Waals surface area contributed by atoms with Crippen LogP contribution in [0.25, 0.3) is 0 Å². The molecule has 1 rings (SSSR count). The van der Waals surface area contributed by atoms with Crippen LogP contribution in [-0.2, 0) is 11.3 Å². The quantitative estimate of drug-likeness (QED) is 0.736. The summed E-state index contributed by atoms with van der Waals surface area (Å²) in [6.07, 6.45) is 1.61. The maximum atomic E-state index is 9.74. The summed E-state index contributed by atoms with van der Waals surface area (Å²) >= 11 is 7.61. The molecule has 0 aliphatic heterocycles. The van der Waals surface area contributed by atoms with Crippen molar-refractivity contribution < 1.29 is 9.84 Å². The van der Waals surface area contributed by atoms with Gasteiger partial charge in [-0.3, -0.25) is 0 Å². The maximum Gasteiger partial charge on any atom is 0.0897 e. The standard InChI is InChI=1S/C14H22ClNO2S/c1-11(19-2)7-16-8-14(17)10-18-9-12-3-5-13(15)6-4-12/h3-6,11,14,16-17H,7-10H2,1-2H3. The molecule has 0 heterocycles. The van der Waals surface area contributed by atoms with Gasteiger partial charge in [-0.1, -0.05) is 30.7 Å². The molecular weight excluding hydrogens is 282 g/mol. The topological polar surface area (TPSA) is 41.5 Å². The van der Waals surface area contributed by atoms with Gasteiger partial charge < -0.3 is 15.2 Å². The summed E-state index contributed by atoms with van der Waals surface area (Å²) in [6, 6.07) is 7.52. The summed E-state index contributed by atoms with van der Waals surface area (Å²) in [6.45, 7) is 4.45. The Hall–Kier alpha value is -0.260. The van der Waals surface area contributed by atoms with Crippen molar-refractivity contribution in [3.63, 3.8) is 0 Å². The minimum Gasteiger partial charge on any atom is -0.389 e. The summed E-state index contributed by atoms with van der Waals surface area (Å²) in [7, 11) is 0. The Morgan fingerprint density at radius 1 is 1.32 bits per heavy atom. The second-order valence-corrected chi connectivity index (χ2v) is 6.21. The monoisotopic (exact) mass is 303 g/mol. The third-order valence-corrected chi connectivity index (χ3v) is 3.93. The van der Waals surface area contributed by atoms with Crippen LogP contribution < -0.4 is 5.32 Å². The van der Waals surface area contributed by atoms with Crippen molar-refractivity contribution in [3.05, 3.63) is 34.9 Å². The van der Waals surface area contributed by atoms with E-state index in [0.29, 0.717) is 25.0 Å². The molecule has 0 aliphatic carbocycles. The Balaban J connectivity index is 2.10. The molecule has 2 N–H and O–H groups in total. The summed E-state index contributed by atoms with van der Waals surface area (Å²) in [5, 5.41) is 14.2. The van der Waals surface area contributed by atoms with E-state index in [4.69, 9.17) is 16.3 Å². The van der Waals surface area contributed by atoms with Gasteiger partial charge in [0, 0.05) is 23.4 Å². The molecule has 0 radical (unpaired) electrons. The molecular formula is C14H22ClNO2S. The molecule has 0 fully saturated rings. The highest BCUT2D eigenvalue weighted by molar-refractivity contribution is 7.99. The van der Waals surface area contributed by atoms with Gasteiger partial charge in [0.15, 0.2) is 0 Å². The predicted molar refractivity (Wildman–Crippen MR) is 83.0 cm³/mol. The van der Waals surface area contributed by atoms with E-state index in [9.17, 15) is 5.11 Å². The van der Waals surface area contributed by atoms with Gasteiger partial charge in [-0.15, -0.1) is 0 Å². The number of aliphatic hydroxyl groups is 1. The Kier molecular flexibility index (Phi) is 8.50. The average molecular weight is 304 g/mol. The van der Waals surface area contributed by atoms with E-state index < -0.39 is 6.10 Å². The molecule has 2 unspecified atom stereocenters. The first-order valence-corrected chi connectivity index (χ1v) is 8.02. The Morgan fingerprint density at radius 3 is 2.63 bits per heavy atom. The van der Waals surface area contributed by atoms with Crippen molar-refractivity contribution in [2.24, 2.45) is 0 Å². The van der Waals surface area contributed by atoms with Gasteiger partial charge in [0.05, 0.1) is 19.3 Å². The molecule has 0 amide bonds. The van der Waals surface area contributed by atoms with Crippen LogP contribution in [0.15, 0.2) is 24.3 Å². The van der Waals surface area contributed by atoms with Crippen LogP contribution in [0, 0.1) is 0 Å². The molecule has 5 heteroatoms. The maximum absolute atomic E-state index is 9.74. The lowest BCUT2D eigenvalue weighted by molar-refractivity contribution is 0.0290. The third-order valence-electron chi connectivity index (χ3n) is 2.71. The van der Waals surface area contributed by atoms with E-state index in [1.165, 1.54) is 0 Å². The van der Waals surface area contributed by atoms with E-state index in [1.807, 2.05) is 24.3 Å². The zero-order valence-electron chi connectivity index (χ0n) is 11.4. The third kappa shape index (κ3) is 7.80. The number of hydrogen-bond acceptors (Lipinski definition) is 4. The Morgan fingerprint density at radius 2 is 2.00 bits per heavy atom. The number of rotatable bonds is 9. The van der Waals surface area contributed by atoms with Crippen molar-refractivity contribution in [2.75, 3.05) is 26.0 Å². The zero-order valence-corrected chi connectivity index (χ0v) is 13.0. The molecule has 3 nitrogen and oxygen atoms in total. The number of thioether (sulfide) groups is 1. The molecule has 19 heavy (non-hydrogen) atoms. The number of hydrogen-bond donors (Lipinski definition) is 2. The predicted octanol–water partition coefficient (Wildman–Crippen LogP) is 2.56. The van der Waals surface area contributed by atoms with Crippen LogP contribution in [0.1, 0.15) is 12.5 Å². The molecule has 0 saturated carbocycles. The number of halogens is 1. The van der Waals surface area contributed by atoms with E-state index in [2.05, 4.69) is 18.5 Å². The van der Waals surface area contributed by atoms with Crippen LogP contribution in [0.4, 0.5) is 0 Å². The summed E-state index contributed by atoms with van der Waals surface area (Å²) in [5.41, 5.74) is 1.06. The highest BCUT2D eigenvalue weighted by Gasteiger charge is 2.05. The van der Waals surface area contributed by atoms with Gasteiger partial charge >= 0.3 is 0 Å². The smallest absolute Gasteiger partial charge is 0.0897 e. The minimum atomic E-state index is -0.471. The van der Waals surface area contributed by atoms with Crippen molar-refractivity contribution in [1.29, 1.82) is 0 Å². The summed E-state index contributed by atoms with van der Waals surface area (Å²) in [5.74, 6) is 0. The molecule has 0 aliphatic rings. The van der Waals surface area contributed by atoms with Gasteiger partial charge in [-0.25, -0.2) is 0 Å². The van der Waals surface area contributed by atoms with E-state index in [-0.39, 0.29) is 0 Å². The van der Waals surface area contributed by atoms with Crippen LogP contribution in [0.5, 0.6) is 0 Å². The molecule has 0 bridgehead atoms. The lowest BCUT2D eigenvalue weighted by atomic mass is 10.2. The Labute approximate surface area is 124 Å². The molecule has 1 aromatic carbocycles. The first kappa shape index (κ1) is 16.8. The SMILES string of the molecule is CSC(C)CNCC(O)COCc1ccc(Cl)cc1. The van der Waals surface area contributed by atoms with Crippen LogP contribution >= 0.6 is 23.4 Å². The van der Waals surface area contributed by atoms with Gasteiger partial charge in [-0.2, -0.15) is 11.8 Å². The first-order chi connectivity index (χ1) is 9.11. The zero-order chi connectivity index (χ0) is 14.1. The van der Waals surface area contributed by atoms with Crippen molar-refractivity contribution in [1.82, 2.24) is 5.32 Å². The first-order valence-electron chi connectivity index (χ1n) is 6.35. The summed E-state index contributed by atoms with van der Waals surface area (Å²) in [4.78, 5) is 0. The molecule has 2 atom stereocenters. The molecule has 108 valence electrons. The second kappa shape index (κ2) is 9.61. The van der Waals surface area contributed by atoms with Gasteiger partial charge in [0.1, 0.15) is 0 Å². The van der Waals surface area contributed by atoms with Gasteiger partial charge in [0.25, 0.3) is 0 Å². The fourth-order valence-electron chi connectivity index (χ4n) is 1.49. The highest BCUT2D eigenvalue weighted by atomic mass is 35.5. The van der Waals surface area contributed by atoms with Crippen molar-refractivity contribution in [2.45, 2.75) is 24.9 Å². The highest BCUT2D eigenvalue weighted by Crippen LogP contribution is 2.10. The Bertz CT molecular complexity index is 348.